The molecule has 166 valence electrons. The third-order valence-electron chi connectivity index (χ3n) is 5.77. The Morgan fingerprint density at radius 2 is 1.70 bits per heavy atom. The van der Waals surface area contributed by atoms with Crippen molar-refractivity contribution >= 4 is 16.9 Å². The monoisotopic (exact) mass is 446 g/mol. The molecule has 0 radical (unpaired) electrons. The first-order valence-corrected chi connectivity index (χ1v) is 10.1. The minimum atomic E-state index is -0.633. The summed E-state index contributed by atoms with van der Waals surface area (Å²) in [4.78, 5) is 25.6. The Balaban J connectivity index is 1.74. The van der Waals surface area contributed by atoms with Crippen molar-refractivity contribution in [2.45, 2.75) is 12.3 Å². The van der Waals surface area contributed by atoms with Crippen LogP contribution in [0.25, 0.3) is 22.1 Å². The van der Waals surface area contributed by atoms with Gasteiger partial charge in [-0.05, 0) is 35.4 Å². The Hall–Kier alpha value is -4.46. The highest BCUT2D eigenvalue weighted by molar-refractivity contribution is 5.94. The van der Waals surface area contributed by atoms with Crippen molar-refractivity contribution in [1.82, 2.24) is 0 Å². The lowest BCUT2D eigenvalue weighted by Crippen LogP contribution is -2.22. The molecule has 1 atom stereocenters. The van der Waals surface area contributed by atoms with Gasteiger partial charge in [0.25, 0.3) is 0 Å². The lowest BCUT2D eigenvalue weighted by molar-refractivity contribution is -0.135. The van der Waals surface area contributed by atoms with E-state index in [-0.39, 0.29) is 46.0 Å². The SMILES string of the molecule is COc1ccc(-c2coc3c4c(cc(O)c3c2=O)OC(=O)C[C@H]4c2ccc(O)c(O)c2)cc1. The van der Waals surface area contributed by atoms with Gasteiger partial charge in [-0.25, -0.2) is 0 Å². The standard InChI is InChI=1S/C25H18O8/c1-31-14-5-2-12(3-6-14)16-11-32-25-22-15(13-4-7-17(26)18(27)8-13)9-21(29)33-20(22)10-19(28)23(25)24(16)30/h2-8,10-11,15,26-28H,9H2,1H3/t15-/m0/s1. The number of hydrogen-bond donors (Lipinski definition) is 3. The molecule has 1 aliphatic rings. The molecule has 0 saturated carbocycles. The number of carbonyl (C=O) groups is 1. The maximum absolute atomic E-state index is 13.4. The van der Waals surface area contributed by atoms with Crippen LogP contribution in [0.5, 0.6) is 28.7 Å². The highest BCUT2D eigenvalue weighted by Gasteiger charge is 2.34. The molecule has 0 bridgehead atoms. The summed E-state index contributed by atoms with van der Waals surface area (Å²) < 4.78 is 16.3. The lowest BCUT2D eigenvalue weighted by Gasteiger charge is -2.26. The van der Waals surface area contributed by atoms with Gasteiger partial charge in [-0.2, -0.15) is 0 Å². The van der Waals surface area contributed by atoms with Crippen molar-refractivity contribution in [2.75, 3.05) is 7.11 Å². The molecule has 5 rings (SSSR count). The Morgan fingerprint density at radius 1 is 0.939 bits per heavy atom. The molecule has 3 aromatic carbocycles. The van der Waals surface area contributed by atoms with E-state index in [1.165, 1.54) is 31.6 Å². The van der Waals surface area contributed by atoms with Crippen molar-refractivity contribution in [2.24, 2.45) is 0 Å². The molecule has 1 aromatic heterocycles. The average Bonchev–Trinajstić information content (AvgIpc) is 2.80. The smallest absolute Gasteiger partial charge is 0.312 e. The number of aromatic hydroxyl groups is 3. The minimum absolute atomic E-state index is 0.0481. The van der Waals surface area contributed by atoms with Gasteiger partial charge in [0.1, 0.15) is 34.5 Å². The van der Waals surface area contributed by atoms with Crippen LogP contribution in [-0.4, -0.2) is 28.4 Å². The van der Waals surface area contributed by atoms with Crippen LogP contribution < -0.4 is 14.9 Å². The summed E-state index contributed by atoms with van der Waals surface area (Å²) >= 11 is 0. The highest BCUT2D eigenvalue weighted by Crippen LogP contribution is 2.46. The zero-order chi connectivity index (χ0) is 23.3. The van der Waals surface area contributed by atoms with E-state index < -0.39 is 17.3 Å². The van der Waals surface area contributed by atoms with E-state index in [0.717, 1.165) is 0 Å². The maximum atomic E-state index is 13.4. The van der Waals surface area contributed by atoms with E-state index >= 15 is 0 Å². The van der Waals surface area contributed by atoms with Crippen LogP contribution >= 0.6 is 0 Å². The summed E-state index contributed by atoms with van der Waals surface area (Å²) in [7, 11) is 1.54. The third kappa shape index (κ3) is 3.32. The molecule has 0 unspecified atom stereocenters. The highest BCUT2D eigenvalue weighted by atomic mass is 16.5. The molecule has 0 spiro atoms. The van der Waals surface area contributed by atoms with Crippen molar-refractivity contribution in [3.8, 4) is 39.9 Å². The van der Waals surface area contributed by atoms with Crippen LogP contribution in [0.2, 0.25) is 0 Å². The van der Waals surface area contributed by atoms with Crippen LogP contribution in [0.15, 0.2) is 64.0 Å². The number of benzene rings is 3. The average molecular weight is 446 g/mol. The molecule has 0 amide bonds. The lowest BCUT2D eigenvalue weighted by atomic mass is 9.84. The van der Waals surface area contributed by atoms with E-state index in [1.807, 2.05) is 0 Å². The first kappa shape index (κ1) is 20.4. The third-order valence-corrected chi connectivity index (χ3v) is 5.77. The number of carbonyl (C=O) groups excluding carboxylic acids is 1. The summed E-state index contributed by atoms with van der Waals surface area (Å²) in [5, 5.41) is 30.2. The summed E-state index contributed by atoms with van der Waals surface area (Å²) in [6.07, 6.45) is 1.22. The zero-order valence-electron chi connectivity index (χ0n) is 17.4. The van der Waals surface area contributed by atoms with Gasteiger partial charge in [0.05, 0.1) is 19.1 Å². The number of phenols is 3. The predicted molar refractivity (Wildman–Crippen MR) is 118 cm³/mol. The van der Waals surface area contributed by atoms with E-state index in [0.29, 0.717) is 22.4 Å². The number of methoxy groups -OCH3 is 1. The van der Waals surface area contributed by atoms with Gasteiger partial charge in [0.2, 0.25) is 5.43 Å². The van der Waals surface area contributed by atoms with Gasteiger partial charge in [-0.3, -0.25) is 9.59 Å². The number of rotatable bonds is 3. The first-order chi connectivity index (χ1) is 15.9. The van der Waals surface area contributed by atoms with Gasteiger partial charge >= 0.3 is 5.97 Å². The van der Waals surface area contributed by atoms with Gasteiger partial charge in [0, 0.05) is 17.5 Å². The molecule has 4 aromatic rings. The molecule has 2 heterocycles. The fourth-order valence-electron chi connectivity index (χ4n) is 4.14. The molecule has 1 aliphatic heterocycles. The number of phenolic OH excluding ortho intramolecular Hbond substituents is 3. The van der Waals surface area contributed by atoms with Gasteiger partial charge < -0.3 is 29.2 Å². The number of hydrogen-bond acceptors (Lipinski definition) is 8. The second-order valence-electron chi connectivity index (χ2n) is 7.70. The fraction of sp³-hybridized carbons (Fsp3) is 0.120. The Morgan fingerprint density at radius 3 is 2.39 bits per heavy atom. The van der Waals surface area contributed by atoms with Crippen LogP contribution in [0.3, 0.4) is 0 Å². The fourth-order valence-corrected chi connectivity index (χ4v) is 4.14. The van der Waals surface area contributed by atoms with Gasteiger partial charge in [-0.15, -0.1) is 0 Å². The van der Waals surface area contributed by atoms with Crippen LogP contribution in [-0.2, 0) is 4.79 Å². The minimum Gasteiger partial charge on any atom is -0.507 e. The van der Waals surface area contributed by atoms with Gasteiger partial charge in [-0.1, -0.05) is 18.2 Å². The van der Waals surface area contributed by atoms with Crippen molar-refractivity contribution < 1.29 is 34.0 Å². The Bertz CT molecular complexity index is 1470. The summed E-state index contributed by atoms with van der Waals surface area (Å²) in [6, 6.07) is 12.3. The first-order valence-electron chi connectivity index (χ1n) is 10.1. The maximum Gasteiger partial charge on any atom is 0.312 e. The van der Waals surface area contributed by atoms with Crippen molar-refractivity contribution in [1.29, 1.82) is 0 Å². The normalized spacial score (nSPS) is 15.2. The topological polar surface area (TPSA) is 126 Å². The van der Waals surface area contributed by atoms with Crippen LogP contribution in [0.1, 0.15) is 23.5 Å². The van der Waals surface area contributed by atoms with E-state index in [1.54, 1.807) is 30.3 Å². The number of fused-ring (bicyclic) bond motifs is 3. The van der Waals surface area contributed by atoms with Gasteiger partial charge in [0.15, 0.2) is 11.5 Å². The van der Waals surface area contributed by atoms with Crippen molar-refractivity contribution in [3.63, 3.8) is 0 Å². The quantitative estimate of drug-likeness (QED) is 0.245. The second-order valence-corrected chi connectivity index (χ2v) is 7.70. The number of esters is 1. The van der Waals surface area contributed by atoms with E-state index in [4.69, 9.17) is 13.9 Å². The van der Waals surface area contributed by atoms with Crippen molar-refractivity contribution in [3.05, 3.63) is 76.1 Å². The molecule has 8 heteroatoms. The summed E-state index contributed by atoms with van der Waals surface area (Å²) in [5.41, 5.74) is 1.35. The molecule has 0 saturated heterocycles. The van der Waals surface area contributed by atoms with E-state index in [2.05, 4.69) is 0 Å². The molecule has 8 nitrogen and oxygen atoms in total. The largest absolute Gasteiger partial charge is 0.507 e. The molecule has 0 fully saturated rings. The number of ether oxygens (including phenoxy) is 2. The predicted octanol–water partition coefficient (Wildman–Crippen LogP) is 4.03. The summed E-state index contributed by atoms with van der Waals surface area (Å²) in [5.74, 6) is -1.52. The Labute approximate surface area is 186 Å². The van der Waals surface area contributed by atoms with E-state index in [9.17, 15) is 24.9 Å². The molecule has 0 aliphatic carbocycles. The molecular formula is C25H18O8. The second kappa shape index (κ2) is 7.59. The summed E-state index contributed by atoms with van der Waals surface area (Å²) in [6.45, 7) is 0. The van der Waals surface area contributed by atoms with Crippen LogP contribution in [0, 0.1) is 0 Å². The Kier molecular flexibility index (Phi) is 4.70. The molecular weight excluding hydrogens is 428 g/mol. The molecule has 33 heavy (non-hydrogen) atoms. The van der Waals surface area contributed by atoms with Crippen LogP contribution in [0.4, 0.5) is 0 Å². The molecule has 3 N–H and O–H groups in total. The zero-order valence-corrected chi connectivity index (χ0v) is 17.4.